The number of nitrogens with two attached hydrogens (primary N) is 1. The van der Waals surface area contributed by atoms with Gasteiger partial charge in [-0.2, -0.15) is 0 Å². The zero-order valence-electron chi connectivity index (χ0n) is 23.6. The Hall–Kier alpha value is -3.25. The molecule has 0 aliphatic carbocycles. The molecule has 3 aromatic rings. The van der Waals surface area contributed by atoms with Crippen molar-refractivity contribution in [2.75, 3.05) is 12.3 Å². The number of phenols is 1. The number of para-hydroxylation sites is 2. The minimum Gasteiger partial charge on any atom is -0.506 e. The van der Waals surface area contributed by atoms with Gasteiger partial charge < -0.3 is 26.4 Å². The summed E-state index contributed by atoms with van der Waals surface area (Å²) in [5.74, 6) is 0.663. The first-order valence-corrected chi connectivity index (χ1v) is 14.7. The number of fused-ring (bicyclic) bond motifs is 1. The number of amides is 1. The van der Waals surface area contributed by atoms with Crippen molar-refractivity contribution in [2.45, 2.75) is 96.8 Å². The predicted octanol–water partition coefficient (Wildman–Crippen LogP) is 8.31. The van der Waals surface area contributed by atoms with E-state index in [9.17, 15) is 9.90 Å². The lowest BCUT2D eigenvalue weighted by Crippen LogP contribution is -2.24. The highest BCUT2D eigenvalue weighted by Gasteiger charge is 2.18. The van der Waals surface area contributed by atoms with Gasteiger partial charge in [0.1, 0.15) is 17.2 Å². The molecule has 0 atom stereocenters. The Morgan fingerprint density at radius 1 is 0.744 bits per heavy atom. The summed E-state index contributed by atoms with van der Waals surface area (Å²) < 4.78 is 6.08. The number of ether oxygens (including phenoxy) is 1. The van der Waals surface area contributed by atoms with E-state index in [-0.39, 0.29) is 22.7 Å². The van der Waals surface area contributed by atoms with Crippen molar-refractivity contribution in [3.8, 4) is 17.2 Å². The molecule has 0 spiro atoms. The van der Waals surface area contributed by atoms with E-state index < -0.39 is 0 Å². The second kappa shape index (κ2) is 18.1. The first kappa shape index (κ1) is 32.0. The van der Waals surface area contributed by atoms with Gasteiger partial charge >= 0.3 is 0 Å². The van der Waals surface area contributed by atoms with Crippen molar-refractivity contribution >= 4 is 22.4 Å². The number of carbonyl (C=O) groups excluding carboxylic acids is 1. The van der Waals surface area contributed by atoms with Crippen molar-refractivity contribution < 1.29 is 20.1 Å². The number of anilines is 1. The zero-order valence-corrected chi connectivity index (χ0v) is 23.6. The summed E-state index contributed by atoms with van der Waals surface area (Å²) in [6, 6.07) is 16.2. The number of nitrogen functional groups attached to an aromatic ring is 1. The summed E-state index contributed by atoms with van der Waals surface area (Å²) in [6.45, 7) is 2.86. The van der Waals surface area contributed by atoms with Crippen LogP contribution < -0.4 is 15.8 Å². The molecule has 6 N–H and O–H groups in total. The van der Waals surface area contributed by atoms with Crippen molar-refractivity contribution in [3.05, 3.63) is 60.2 Å². The quantitative estimate of drug-likeness (QED) is 0.112. The van der Waals surface area contributed by atoms with Gasteiger partial charge in [0, 0.05) is 17.3 Å². The lowest BCUT2D eigenvalue weighted by Gasteiger charge is -2.15. The van der Waals surface area contributed by atoms with E-state index in [1.54, 1.807) is 24.3 Å². The zero-order chi connectivity index (χ0) is 27.0. The standard InChI is InChI=1S/C33H46N2O3.H2O/c1-2-3-4-5-6-7-8-9-10-11-12-13-14-19-24-35-33(37)28-25-31(38-30-23-18-17-22-29(30)34)26-20-15-16-21-27(26)32(28)36;/h15-18,20-23,25,36H,2-14,19,24,34H2,1H3,(H,35,37);1H2. The third-order valence-corrected chi connectivity index (χ3v) is 7.18. The van der Waals surface area contributed by atoms with Crippen LogP contribution in [0.4, 0.5) is 5.69 Å². The molecule has 0 radical (unpaired) electrons. The number of hydrogen-bond donors (Lipinski definition) is 3. The van der Waals surface area contributed by atoms with Crippen LogP contribution in [-0.4, -0.2) is 23.0 Å². The van der Waals surface area contributed by atoms with Crippen LogP contribution in [0.2, 0.25) is 0 Å². The molecule has 1 amide bonds. The highest BCUT2D eigenvalue weighted by Crippen LogP contribution is 2.39. The first-order valence-electron chi connectivity index (χ1n) is 14.7. The summed E-state index contributed by atoms with van der Waals surface area (Å²) in [7, 11) is 0. The number of unbranched alkanes of at least 4 members (excludes halogenated alkanes) is 13. The van der Waals surface area contributed by atoms with Gasteiger partial charge in [-0.3, -0.25) is 4.79 Å². The summed E-state index contributed by atoms with van der Waals surface area (Å²) in [5.41, 5.74) is 6.77. The van der Waals surface area contributed by atoms with E-state index in [1.165, 1.54) is 77.0 Å². The maximum Gasteiger partial charge on any atom is 0.255 e. The molecule has 6 nitrogen and oxygen atoms in total. The molecule has 0 aliphatic rings. The van der Waals surface area contributed by atoms with E-state index in [2.05, 4.69) is 12.2 Å². The van der Waals surface area contributed by atoms with Crippen LogP contribution in [0.1, 0.15) is 107 Å². The molecule has 0 saturated carbocycles. The number of nitrogens with one attached hydrogen (secondary N) is 1. The molecule has 0 aromatic heterocycles. The normalized spacial score (nSPS) is 10.8. The lowest BCUT2D eigenvalue weighted by molar-refractivity contribution is 0.0950. The van der Waals surface area contributed by atoms with Crippen LogP contribution in [0.25, 0.3) is 10.8 Å². The molecule has 0 aliphatic heterocycles. The SMILES string of the molecule is CCCCCCCCCCCCCCCCNC(=O)c1cc(Oc2ccccc2N)c2ccccc2c1O.O. The summed E-state index contributed by atoms with van der Waals surface area (Å²) in [5, 5.41) is 15.1. The number of rotatable bonds is 18. The van der Waals surface area contributed by atoms with Gasteiger partial charge in [0.25, 0.3) is 5.91 Å². The Morgan fingerprint density at radius 2 is 1.26 bits per heavy atom. The molecule has 0 unspecified atom stereocenters. The van der Waals surface area contributed by atoms with Crippen molar-refractivity contribution in [2.24, 2.45) is 0 Å². The molecular formula is C33H48N2O4. The lowest BCUT2D eigenvalue weighted by atomic mass is 10.0. The van der Waals surface area contributed by atoms with E-state index in [4.69, 9.17) is 10.5 Å². The summed E-state index contributed by atoms with van der Waals surface area (Å²) in [6.07, 6.45) is 18.2. The number of phenolic OH excluding ortho intramolecular Hbond substituents is 1. The van der Waals surface area contributed by atoms with Gasteiger partial charge in [-0.25, -0.2) is 0 Å². The molecule has 0 heterocycles. The molecule has 3 aromatic carbocycles. The minimum atomic E-state index is -0.297. The predicted molar refractivity (Wildman–Crippen MR) is 163 cm³/mol. The van der Waals surface area contributed by atoms with Crippen LogP contribution in [0.5, 0.6) is 17.2 Å². The minimum absolute atomic E-state index is 0. The average molecular weight is 537 g/mol. The Labute approximate surface area is 234 Å². The fraction of sp³-hybridized carbons (Fsp3) is 0.485. The number of aromatic hydroxyl groups is 1. The fourth-order valence-corrected chi connectivity index (χ4v) is 4.89. The Morgan fingerprint density at radius 3 is 1.85 bits per heavy atom. The molecule has 0 fully saturated rings. The van der Waals surface area contributed by atoms with E-state index in [1.807, 2.05) is 30.3 Å². The maximum absolute atomic E-state index is 13.0. The van der Waals surface area contributed by atoms with Crippen molar-refractivity contribution in [1.29, 1.82) is 0 Å². The highest BCUT2D eigenvalue weighted by molar-refractivity contribution is 6.06. The van der Waals surface area contributed by atoms with Gasteiger partial charge in [-0.05, 0) is 24.6 Å². The number of hydrogen-bond acceptors (Lipinski definition) is 4. The Bertz CT molecular complexity index is 1130. The molecule has 0 bridgehead atoms. The van der Waals surface area contributed by atoms with Gasteiger partial charge in [0.2, 0.25) is 0 Å². The van der Waals surface area contributed by atoms with Gasteiger partial charge in [0.15, 0.2) is 0 Å². The fourth-order valence-electron chi connectivity index (χ4n) is 4.89. The Kier molecular flexibility index (Phi) is 14.8. The average Bonchev–Trinajstić information content (AvgIpc) is 2.93. The molecule has 39 heavy (non-hydrogen) atoms. The molecule has 3 rings (SSSR count). The number of carbonyl (C=O) groups is 1. The van der Waals surface area contributed by atoms with Crippen LogP contribution in [-0.2, 0) is 0 Å². The Balaban J connectivity index is 0.00000533. The summed E-state index contributed by atoms with van der Waals surface area (Å²) in [4.78, 5) is 13.0. The molecular weight excluding hydrogens is 488 g/mol. The second-order valence-electron chi connectivity index (χ2n) is 10.3. The van der Waals surface area contributed by atoms with E-state index in [0.29, 0.717) is 29.1 Å². The van der Waals surface area contributed by atoms with Crippen molar-refractivity contribution in [1.82, 2.24) is 5.32 Å². The molecule has 6 heteroatoms. The highest BCUT2D eigenvalue weighted by atomic mass is 16.5. The first-order chi connectivity index (χ1) is 18.6. The number of benzene rings is 3. The largest absolute Gasteiger partial charge is 0.506 e. The van der Waals surface area contributed by atoms with Crippen LogP contribution in [0, 0.1) is 0 Å². The smallest absolute Gasteiger partial charge is 0.255 e. The van der Waals surface area contributed by atoms with E-state index in [0.717, 1.165) is 18.2 Å². The molecule has 214 valence electrons. The summed E-state index contributed by atoms with van der Waals surface area (Å²) >= 11 is 0. The van der Waals surface area contributed by atoms with Gasteiger partial charge in [-0.15, -0.1) is 0 Å². The van der Waals surface area contributed by atoms with Crippen LogP contribution in [0.15, 0.2) is 54.6 Å². The molecule has 0 saturated heterocycles. The topological polar surface area (TPSA) is 116 Å². The van der Waals surface area contributed by atoms with Crippen LogP contribution >= 0.6 is 0 Å². The maximum atomic E-state index is 13.0. The third-order valence-electron chi connectivity index (χ3n) is 7.18. The van der Waals surface area contributed by atoms with Crippen LogP contribution in [0.3, 0.4) is 0 Å². The monoisotopic (exact) mass is 536 g/mol. The van der Waals surface area contributed by atoms with E-state index >= 15 is 0 Å². The second-order valence-corrected chi connectivity index (χ2v) is 10.3. The third kappa shape index (κ3) is 10.4. The van der Waals surface area contributed by atoms with Crippen molar-refractivity contribution in [3.63, 3.8) is 0 Å². The van der Waals surface area contributed by atoms with Gasteiger partial charge in [-0.1, -0.05) is 127 Å². The van der Waals surface area contributed by atoms with Gasteiger partial charge in [0.05, 0.1) is 11.3 Å².